The van der Waals surface area contributed by atoms with Crippen LogP contribution in [0.4, 0.5) is 0 Å². The Labute approximate surface area is 106 Å². The van der Waals surface area contributed by atoms with E-state index in [2.05, 4.69) is 22.5 Å². The molecule has 0 aromatic carbocycles. The number of likely N-dealkylation sites (tertiary alicyclic amines) is 1. The van der Waals surface area contributed by atoms with Gasteiger partial charge in [0.1, 0.15) is 0 Å². The molecule has 0 radical (unpaired) electrons. The first-order valence-electron chi connectivity index (χ1n) is 6.17. The zero-order valence-corrected chi connectivity index (χ0v) is 10.5. The van der Waals surface area contributed by atoms with E-state index in [0.717, 1.165) is 25.9 Å². The van der Waals surface area contributed by atoms with E-state index < -0.39 is 0 Å². The predicted octanol–water partition coefficient (Wildman–Crippen LogP) is 1.15. The van der Waals surface area contributed by atoms with Crippen molar-refractivity contribution in [3.05, 3.63) is 34.0 Å². The zero-order chi connectivity index (χ0) is 13.0. The maximum Gasteiger partial charge on any atom is 0.265 e. The largest absolute Gasteiger partial charge is 0.306 e. The van der Waals surface area contributed by atoms with Crippen molar-refractivity contribution < 1.29 is 4.92 Å². The van der Waals surface area contributed by atoms with Crippen molar-refractivity contribution in [3.63, 3.8) is 0 Å². The minimum Gasteiger partial charge on any atom is -0.306 e. The van der Waals surface area contributed by atoms with Crippen molar-refractivity contribution in [3.8, 4) is 0 Å². The van der Waals surface area contributed by atoms with Crippen LogP contribution in [-0.4, -0.2) is 41.7 Å². The van der Waals surface area contributed by atoms with Gasteiger partial charge in [0.25, 0.3) is 5.70 Å². The highest BCUT2D eigenvalue weighted by molar-refractivity contribution is 5.85. The third-order valence-corrected chi connectivity index (χ3v) is 3.24. The van der Waals surface area contributed by atoms with E-state index in [1.54, 1.807) is 12.2 Å². The molecule has 1 aliphatic carbocycles. The van der Waals surface area contributed by atoms with E-state index in [9.17, 15) is 10.1 Å². The van der Waals surface area contributed by atoms with Crippen LogP contribution in [0.25, 0.3) is 0 Å². The van der Waals surface area contributed by atoms with Gasteiger partial charge >= 0.3 is 0 Å². The first-order valence-corrected chi connectivity index (χ1v) is 6.17. The van der Waals surface area contributed by atoms with Gasteiger partial charge in [-0.15, -0.1) is 0 Å². The van der Waals surface area contributed by atoms with Gasteiger partial charge < -0.3 is 10.3 Å². The van der Waals surface area contributed by atoms with Gasteiger partial charge in [0.15, 0.2) is 0 Å². The normalized spacial score (nSPS) is 24.6. The van der Waals surface area contributed by atoms with Gasteiger partial charge in [-0.1, -0.05) is 6.08 Å². The lowest BCUT2D eigenvalue weighted by Crippen LogP contribution is -2.32. The summed E-state index contributed by atoms with van der Waals surface area (Å²) in [6.07, 6.45) is 7.58. The SMILES string of the molecule is CN1CCC(=NNC2C=CC([N+](=O)[O-])=CC2)CC1. The summed E-state index contributed by atoms with van der Waals surface area (Å²) in [5, 5.41) is 14.9. The molecular formula is C12H18N4O2. The van der Waals surface area contributed by atoms with Crippen LogP contribution in [0.2, 0.25) is 0 Å². The van der Waals surface area contributed by atoms with Gasteiger partial charge in [0.2, 0.25) is 0 Å². The Balaban J connectivity index is 1.81. The van der Waals surface area contributed by atoms with Gasteiger partial charge in [-0.05, 0) is 19.5 Å². The summed E-state index contributed by atoms with van der Waals surface area (Å²) in [5.74, 6) is 0. The third kappa shape index (κ3) is 3.40. The van der Waals surface area contributed by atoms with Crippen LogP contribution in [0.1, 0.15) is 19.3 Å². The summed E-state index contributed by atoms with van der Waals surface area (Å²) in [6, 6.07) is 0.0702. The second-order valence-corrected chi connectivity index (χ2v) is 4.70. The van der Waals surface area contributed by atoms with Crippen LogP contribution in [0, 0.1) is 10.1 Å². The monoisotopic (exact) mass is 250 g/mol. The van der Waals surface area contributed by atoms with E-state index in [-0.39, 0.29) is 16.7 Å². The molecule has 0 aromatic rings. The van der Waals surface area contributed by atoms with Crippen LogP contribution in [0.3, 0.4) is 0 Å². The second kappa shape index (κ2) is 5.77. The fourth-order valence-corrected chi connectivity index (χ4v) is 2.00. The number of rotatable bonds is 3. The first-order chi connectivity index (χ1) is 8.65. The number of hydrazone groups is 1. The summed E-state index contributed by atoms with van der Waals surface area (Å²) in [4.78, 5) is 12.4. The number of hydrogen-bond acceptors (Lipinski definition) is 5. The van der Waals surface area contributed by atoms with Gasteiger partial charge in [-0.3, -0.25) is 10.1 Å². The molecule has 1 saturated heterocycles. The highest BCUT2D eigenvalue weighted by Crippen LogP contribution is 2.11. The zero-order valence-electron chi connectivity index (χ0n) is 10.5. The van der Waals surface area contributed by atoms with Crippen LogP contribution in [-0.2, 0) is 0 Å². The average Bonchev–Trinajstić information content (AvgIpc) is 2.38. The van der Waals surface area contributed by atoms with E-state index in [4.69, 9.17) is 0 Å². The summed E-state index contributed by atoms with van der Waals surface area (Å²) in [5.41, 5.74) is 4.43. The summed E-state index contributed by atoms with van der Waals surface area (Å²) in [7, 11) is 2.11. The Morgan fingerprint density at radius 1 is 1.50 bits per heavy atom. The minimum atomic E-state index is -0.365. The van der Waals surface area contributed by atoms with Gasteiger partial charge in [-0.2, -0.15) is 5.10 Å². The highest BCUT2D eigenvalue weighted by Gasteiger charge is 2.15. The summed E-state index contributed by atoms with van der Waals surface area (Å²) < 4.78 is 0. The predicted molar refractivity (Wildman–Crippen MR) is 69.9 cm³/mol. The van der Waals surface area contributed by atoms with Crippen molar-refractivity contribution in [1.29, 1.82) is 0 Å². The maximum absolute atomic E-state index is 10.5. The minimum absolute atomic E-state index is 0.0702. The number of piperidine rings is 1. The maximum atomic E-state index is 10.5. The molecule has 0 amide bonds. The fraction of sp³-hybridized carbons (Fsp3) is 0.583. The van der Waals surface area contributed by atoms with Crippen LogP contribution in [0.5, 0.6) is 0 Å². The van der Waals surface area contributed by atoms with Gasteiger partial charge in [0, 0.05) is 37.7 Å². The van der Waals surface area contributed by atoms with Crippen LogP contribution in [0.15, 0.2) is 29.0 Å². The van der Waals surface area contributed by atoms with Gasteiger partial charge in [0.05, 0.1) is 11.0 Å². The smallest absolute Gasteiger partial charge is 0.265 e. The molecule has 0 spiro atoms. The molecule has 2 aliphatic rings. The number of nitro groups is 1. The van der Waals surface area contributed by atoms with Crippen molar-refractivity contribution in [2.24, 2.45) is 5.10 Å². The molecule has 98 valence electrons. The molecule has 6 heteroatoms. The lowest BCUT2D eigenvalue weighted by molar-refractivity contribution is -0.419. The lowest BCUT2D eigenvalue weighted by atomic mass is 10.1. The fourth-order valence-electron chi connectivity index (χ4n) is 2.00. The quantitative estimate of drug-likeness (QED) is 0.602. The van der Waals surface area contributed by atoms with Crippen molar-refractivity contribution >= 4 is 5.71 Å². The van der Waals surface area contributed by atoms with Crippen molar-refractivity contribution in [2.45, 2.75) is 25.3 Å². The first kappa shape index (κ1) is 12.8. The molecule has 6 nitrogen and oxygen atoms in total. The lowest BCUT2D eigenvalue weighted by Gasteiger charge is -2.23. The Hall–Kier alpha value is -1.69. The Kier molecular flexibility index (Phi) is 4.09. The standard InChI is InChI=1S/C12H18N4O2/c1-15-8-6-11(7-9-15)14-13-10-2-4-12(5-3-10)16(17)18/h2,4-5,10,13H,3,6-9H2,1H3. The topological polar surface area (TPSA) is 70.8 Å². The molecule has 1 heterocycles. The Morgan fingerprint density at radius 3 is 2.78 bits per heavy atom. The van der Waals surface area contributed by atoms with E-state index in [1.165, 1.54) is 11.8 Å². The number of nitrogens with zero attached hydrogens (tertiary/aromatic N) is 3. The average molecular weight is 250 g/mol. The molecule has 1 N–H and O–H groups in total. The molecule has 0 saturated carbocycles. The highest BCUT2D eigenvalue weighted by atomic mass is 16.6. The van der Waals surface area contributed by atoms with E-state index in [1.807, 2.05) is 0 Å². The number of nitrogens with one attached hydrogen (secondary N) is 1. The van der Waals surface area contributed by atoms with Crippen LogP contribution < -0.4 is 5.43 Å². The van der Waals surface area contributed by atoms with Crippen molar-refractivity contribution in [2.75, 3.05) is 20.1 Å². The van der Waals surface area contributed by atoms with E-state index >= 15 is 0 Å². The Morgan fingerprint density at radius 2 is 2.22 bits per heavy atom. The molecule has 0 aromatic heterocycles. The molecule has 1 aliphatic heterocycles. The number of allylic oxidation sites excluding steroid dienone is 1. The molecule has 1 fully saturated rings. The van der Waals surface area contributed by atoms with Gasteiger partial charge in [-0.25, -0.2) is 0 Å². The van der Waals surface area contributed by atoms with E-state index in [0.29, 0.717) is 6.42 Å². The second-order valence-electron chi connectivity index (χ2n) is 4.70. The van der Waals surface area contributed by atoms with Crippen LogP contribution >= 0.6 is 0 Å². The molecule has 18 heavy (non-hydrogen) atoms. The molecule has 0 bridgehead atoms. The third-order valence-electron chi connectivity index (χ3n) is 3.24. The van der Waals surface area contributed by atoms with Crippen molar-refractivity contribution in [1.82, 2.24) is 10.3 Å². The molecular weight excluding hydrogens is 232 g/mol. The summed E-state index contributed by atoms with van der Waals surface area (Å²) >= 11 is 0. The molecule has 1 unspecified atom stereocenters. The molecule has 1 atom stereocenters. The summed E-state index contributed by atoms with van der Waals surface area (Å²) in [6.45, 7) is 2.10. The number of hydrogen-bond donors (Lipinski definition) is 1. The molecule has 2 rings (SSSR count). The Bertz CT molecular complexity index is 404.